The first kappa shape index (κ1) is 19.2. The van der Waals surface area contributed by atoms with Gasteiger partial charge in [-0.3, -0.25) is 9.20 Å². The van der Waals surface area contributed by atoms with Gasteiger partial charge in [-0.15, -0.1) is 11.3 Å². The van der Waals surface area contributed by atoms with Gasteiger partial charge in [0.1, 0.15) is 11.6 Å². The fraction of sp³-hybridized carbons (Fsp3) is 0.0556. The van der Waals surface area contributed by atoms with E-state index < -0.39 is 17.8 Å². The first-order valence-electron chi connectivity index (χ1n) is 8.10. The van der Waals surface area contributed by atoms with Crippen LogP contribution in [0.2, 0.25) is 5.02 Å². The molecule has 0 fully saturated rings. The Bertz CT molecular complexity index is 1220. The third-order valence-electron chi connectivity index (χ3n) is 4.06. The number of nitrogens with two attached hydrogens (primary N) is 1. The molecule has 1 aromatic carbocycles. The molecule has 0 saturated heterocycles. The van der Waals surface area contributed by atoms with Crippen LogP contribution in [0, 0.1) is 0 Å². The van der Waals surface area contributed by atoms with E-state index in [0.29, 0.717) is 10.6 Å². The Hall–Kier alpha value is -3.11. The number of carbonyl (C=O) groups excluding carboxylic acids is 1. The predicted octanol–water partition coefficient (Wildman–Crippen LogP) is 4.96. The van der Waals surface area contributed by atoms with Gasteiger partial charge in [0, 0.05) is 27.7 Å². The summed E-state index contributed by atoms with van der Waals surface area (Å²) < 4.78 is 41.7. The Morgan fingerprint density at radius 2 is 1.86 bits per heavy atom. The van der Waals surface area contributed by atoms with Crippen molar-refractivity contribution < 1.29 is 18.0 Å². The van der Waals surface area contributed by atoms with Crippen molar-refractivity contribution in [2.24, 2.45) is 0 Å². The summed E-state index contributed by atoms with van der Waals surface area (Å²) in [6, 6.07) is 8.94. The van der Waals surface area contributed by atoms with Crippen molar-refractivity contribution in [2.45, 2.75) is 6.18 Å². The second-order valence-corrected chi connectivity index (χ2v) is 7.26. The number of imidazole rings is 1. The largest absolute Gasteiger partial charge is 0.435 e. The summed E-state index contributed by atoms with van der Waals surface area (Å²) in [7, 11) is 0. The molecule has 4 aromatic rings. The number of aromatic nitrogens is 3. The highest BCUT2D eigenvalue weighted by molar-refractivity contribution is 7.15. The van der Waals surface area contributed by atoms with Gasteiger partial charge in [-0.25, -0.2) is 9.97 Å². The molecule has 3 heterocycles. The number of anilines is 2. The van der Waals surface area contributed by atoms with E-state index in [1.54, 1.807) is 17.5 Å². The van der Waals surface area contributed by atoms with E-state index in [1.807, 2.05) is 0 Å². The maximum absolute atomic E-state index is 13.5. The highest BCUT2D eigenvalue weighted by Gasteiger charge is 2.39. The van der Waals surface area contributed by atoms with Crippen LogP contribution >= 0.6 is 22.9 Å². The van der Waals surface area contributed by atoms with E-state index in [9.17, 15) is 18.0 Å². The van der Waals surface area contributed by atoms with E-state index in [2.05, 4.69) is 15.3 Å². The van der Waals surface area contributed by atoms with E-state index in [4.69, 9.17) is 17.3 Å². The summed E-state index contributed by atoms with van der Waals surface area (Å²) in [6.07, 6.45) is -3.18. The molecule has 1 amide bonds. The molecule has 148 valence electrons. The number of benzene rings is 1. The van der Waals surface area contributed by atoms with Crippen LogP contribution < -0.4 is 11.1 Å². The lowest BCUT2D eigenvalue weighted by Gasteiger charge is -2.11. The molecular weight excluding hydrogens is 427 g/mol. The number of hydrogen-bond acceptors (Lipinski definition) is 5. The molecular formula is C18H11ClF3N5OS. The van der Waals surface area contributed by atoms with E-state index in [-0.39, 0.29) is 27.9 Å². The molecule has 0 radical (unpaired) electrons. The van der Waals surface area contributed by atoms with Gasteiger partial charge in [0.05, 0.1) is 5.69 Å². The molecule has 11 heteroatoms. The second-order valence-electron chi connectivity index (χ2n) is 5.95. The average molecular weight is 438 g/mol. The summed E-state index contributed by atoms with van der Waals surface area (Å²) in [5, 5.41) is 4.65. The van der Waals surface area contributed by atoms with Gasteiger partial charge in [0.2, 0.25) is 0 Å². The molecule has 4 rings (SSSR count). The van der Waals surface area contributed by atoms with Crippen LogP contribution in [0.25, 0.3) is 16.2 Å². The molecule has 3 N–H and O–H groups in total. The standard InChI is InChI=1S/C18H11ClF3N5OS/c19-10-3-1-9(2-4-10)16(28)25-12-6-5-11(15(23)24-12)13-14(18(20,21)22)26-17-27(13)7-8-29-17/h1-8H,(H3,23,24,25,28). The number of halogens is 4. The number of fused-ring (bicyclic) bond motifs is 1. The number of nitrogens with zero attached hydrogens (tertiary/aromatic N) is 3. The number of alkyl halides is 3. The molecule has 0 bridgehead atoms. The van der Waals surface area contributed by atoms with Gasteiger partial charge in [-0.1, -0.05) is 11.6 Å². The lowest BCUT2D eigenvalue weighted by atomic mass is 10.1. The van der Waals surface area contributed by atoms with Gasteiger partial charge in [-0.2, -0.15) is 13.2 Å². The van der Waals surface area contributed by atoms with Crippen molar-refractivity contribution in [2.75, 3.05) is 11.1 Å². The Morgan fingerprint density at radius 3 is 2.52 bits per heavy atom. The zero-order valence-corrected chi connectivity index (χ0v) is 15.9. The topological polar surface area (TPSA) is 85.3 Å². The number of pyridine rings is 1. The number of hydrogen-bond donors (Lipinski definition) is 2. The van der Waals surface area contributed by atoms with E-state index >= 15 is 0 Å². The zero-order valence-electron chi connectivity index (χ0n) is 14.4. The third kappa shape index (κ3) is 3.64. The summed E-state index contributed by atoms with van der Waals surface area (Å²) in [4.78, 5) is 20.2. The number of amides is 1. The fourth-order valence-electron chi connectivity index (χ4n) is 2.78. The van der Waals surface area contributed by atoms with Crippen LogP contribution in [-0.2, 0) is 6.18 Å². The summed E-state index contributed by atoms with van der Waals surface area (Å²) in [6.45, 7) is 0. The predicted molar refractivity (Wildman–Crippen MR) is 105 cm³/mol. The number of rotatable bonds is 3. The van der Waals surface area contributed by atoms with Gasteiger partial charge < -0.3 is 11.1 Å². The van der Waals surface area contributed by atoms with Crippen LogP contribution in [0.4, 0.5) is 24.8 Å². The minimum absolute atomic E-state index is 0.0627. The van der Waals surface area contributed by atoms with Crippen LogP contribution in [-0.4, -0.2) is 20.3 Å². The molecule has 0 atom stereocenters. The Balaban J connectivity index is 1.70. The first-order chi connectivity index (χ1) is 13.7. The van der Waals surface area contributed by atoms with Crippen LogP contribution in [0.3, 0.4) is 0 Å². The van der Waals surface area contributed by atoms with Gasteiger partial charge in [0.25, 0.3) is 5.91 Å². The maximum atomic E-state index is 13.5. The molecule has 0 aliphatic rings. The molecule has 0 spiro atoms. The molecule has 0 unspecified atom stereocenters. The van der Waals surface area contributed by atoms with Crippen molar-refractivity contribution in [3.8, 4) is 11.3 Å². The third-order valence-corrected chi connectivity index (χ3v) is 5.07. The lowest BCUT2D eigenvalue weighted by molar-refractivity contribution is -0.140. The Morgan fingerprint density at radius 1 is 1.14 bits per heavy atom. The monoisotopic (exact) mass is 437 g/mol. The molecule has 0 saturated carbocycles. The first-order valence-corrected chi connectivity index (χ1v) is 9.36. The highest BCUT2D eigenvalue weighted by atomic mass is 35.5. The van der Waals surface area contributed by atoms with E-state index in [1.165, 1.54) is 34.9 Å². The molecule has 0 aliphatic heterocycles. The lowest BCUT2D eigenvalue weighted by Crippen LogP contribution is -2.14. The van der Waals surface area contributed by atoms with Crippen LogP contribution in [0.1, 0.15) is 16.1 Å². The van der Waals surface area contributed by atoms with Crippen molar-refractivity contribution >= 4 is 45.4 Å². The van der Waals surface area contributed by atoms with Crippen LogP contribution in [0.15, 0.2) is 48.0 Å². The summed E-state index contributed by atoms with van der Waals surface area (Å²) >= 11 is 6.87. The molecule has 29 heavy (non-hydrogen) atoms. The summed E-state index contributed by atoms with van der Waals surface area (Å²) in [5.41, 5.74) is 5.09. The number of nitrogen functional groups attached to an aromatic ring is 1. The van der Waals surface area contributed by atoms with Crippen molar-refractivity contribution in [1.82, 2.24) is 14.4 Å². The second kappa shape index (κ2) is 7.05. The van der Waals surface area contributed by atoms with Crippen LogP contribution in [0.5, 0.6) is 0 Å². The smallest absolute Gasteiger partial charge is 0.383 e. The number of nitrogens with one attached hydrogen (secondary N) is 1. The highest BCUT2D eigenvalue weighted by Crippen LogP contribution is 2.39. The van der Waals surface area contributed by atoms with Gasteiger partial charge in [0.15, 0.2) is 10.7 Å². The fourth-order valence-corrected chi connectivity index (χ4v) is 3.62. The van der Waals surface area contributed by atoms with E-state index in [0.717, 1.165) is 11.3 Å². The minimum atomic E-state index is -4.66. The number of carbonyl (C=O) groups is 1. The van der Waals surface area contributed by atoms with Gasteiger partial charge >= 0.3 is 6.18 Å². The Kier molecular flexibility index (Phi) is 4.67. The van der Waals surface area contributed by atoms with Crippen molar-refractivity contribution in [1.29, 1.82) is 0 Å². The molecule has 6 nitrogen and oxygen atoms in total. The van der Waals surface area contributed by atoms with Gasteiger partial charge in [-0.05, 0) is 36.4 Å². The maximum Gasteiger partial charge on any atom is 0.435 e. The quantitative estimate of drug-likeness (QED) is 0.474. The van der Waals surface area contributed by atoms with Crippen molar-refractivity contribution in [3.05, 3.63) is 64.3 Å². The molecule has 3 aromatic heterocycles. The normalized spacial score (nSPS) is 11.7. The number of thiazole rings is 1. The zero-order chi connectivity index (χ0) is 20.8. The SMILES string of the molecule is Nc1nc(NC(=O)c2ccc(Cl)cc2)ccc1-c1c(C(F)(F)F)nc2sccn12. The minimum Gasteiger partial charge on any atom is -0.383 e. The summed E-state index contributed by atoms with van der Waals surface area (Å²) in [5.74, 6) is -0.523. The Labute approximate surface area is 170 Å². The van der Waals surface area contributed by atoms with Crippen molar-refractivity contribution in [3.63, 3.8) is 0 Å². The average Bonchev–Trinajstić information content (AvgIpc) is 3.24. The molecule has 0 aliphatic carbocycles.